The SMILES string of the molecule is O=C(O)/C=C/C(=O)OCCOc1cc(C2(c3ccc(-c4ccccc4)c(OCCO)c3)c3ccccc3-c3ccccc32)ccc1-c1ccccc1. The lowest BCUT2D eigenvalue weighted by atomic mass is 9.67. The fourth-order valence-electron chi connectivity index (χ4n) is 7.12. The number of hydrogen-bond donors (Lipinski definition) is 2. The molecule has 0 radical (unpaired) electrons. The minimum Gasteiger partial charge on any atom is -0.491 e. The van der Waals surface area contributed by atoms with Crippen molar-refractivity contribution in [1.82, 2.24) is 0 Å². The maximum atomic E-state index is 12.1. The molecular formula is C45H36O7. The van der Waals surface area contributed by atoms with E-state index in [1.54, 1.807) is 0 Å². The first kappa shape index (κ1) is 34.0. The van der Waals surface area contributed by atoms with E-state index >= 15 is 0 Å². The molecule has 0 spiro atoms. The number of ether oxygens (including phenoxy) is 3. The zero-order valence-electron chi connectivity index (χ0n) is 28.3. The molecule has 0 saturated carbocycles. The molecule has 0 amide bonds. The summed E-state index contributed by atoms with van der Waals surface area (Å²) in [6, 6.07) is 49.5. The number of hydrogen-bond acceptors (Lipinski definition) is 6. The van der Waals surface area contributed by atoms with Gasteiger partial charge in [0.15, 0.2) is 0 Å². The van der Waals surface area contributed by atoms with Gasteiger partial charge in [-0.2, -0.15) is 0 Å². The molecule has 6 aromatic carbocycles. The maximum Gasteiger partial charge on any atom is 0.331 e. The Hall–Kier alpha value is -6.44. The highest BCUT2D eigenvalue weighted by atomic mass is 16.6. The van der Waals surface area contributed by atoms with Crippen LogP contribution in [0.3, 0.4) is 0 Å². The predicted molar refractivity (Wildman–Crippen MR) is 200 cm³/mol. The molecule has 258 valence electrons. The number of carbonyl (C=O) groups is 2. The van der Waals surface area contributed by atoms with Crippen LogP contribution < -0.4 is 9.47 Å². The third kappa shape index (κ3) is 6.57. The monoisotopic (exact) mass is 688 g/mol. The molecule has 0 heterocycles. The molecule has 52 heavy (non-hydrogen) atoms. The van der Waals surface area contributed by atoms with Crippen LogP contribution in [0.4, 0.5) is 0 Å². The van der Waals surface area contributed by atoms with E-state index < -0.39 is 17.4 Å². The van der Waals surface area contributed by atoms with Crippen LogP contribution in [0.5, 0.6) is 11.5 Å². The van der Waals surface area contributed by atoms with E-state index in [0.717, 1.165) is 67.8 Å². The molecule has 0 saturated heterocycles. The Kier molecular flexibility index (Phi) is 9.95. The molecule has 0 aromatic heterocycles. The highest BCUT2D eigenvalue weighted by molar-refractivity contribution is 5.91. The number of benzene rings is 6. The minimum atomic E-state index is -1.23. The number of aliphatic carboxylic acids is 1. The molecule has 7 nitrogen and oxygen atoms in total. The van der Waals surface area contributed by atoms with Crippen LogP contribution in [0.2, 0.25) is 0 Å². The summed E-state index contributed by atoms with van der Waals surface area (Å²) >= 11 is 0. The number of carboxylic acid groups (broad SMARTS) is 1. The summed E-state index contributed by atoms with van der Waals surface area (Å²) < 4.78 is 17.9. The van der Waals surface area contributed by atoms with Crippen molar-refractivity contribution in [2.75, 3.05) is 26.4 Å². The lowest BCUT2D eigenvalue weighted by Crippen LogP contribution is -2.29. The van der Waals surface area contributed by atoms with E-state index in [1.165, 1.54) is 0 Å². The Morgan fingerprint density at radius 2 is 1.02 bits per heavy atom. The normalized spacial score (nSPS) is 12.6. The highest BCUT2D eigenvalue weighted by Gasteiger charge is 2.46. The highest BCUT2D eigenvalue weighted by Crippen LogP contribution is 2.57. The Bertz CT molecular complexity index is 2200. The fourth-order valence-corrected chi connectivity index (χ4v) is 7.12. The van der Waals surface area contributed by atoms with Crippen LogP contribution in [0, 0.1) is 0 Å². The molecule has 0 atom stereocenters. The van der Waals surface area contributed by atoms with Crippen LogP contribution in [0.1, 0.15) is 22.3 Å². The van der Waals surface area contributed by atoms with Gasteiger partial charge in [0.25, 0.3) is 0 Å². The zero-order chi connectivity index (χ0) is 35.9. The van der Waals surface area contributed by atoms with Crippen molar-refractivity contribution in [3.63, 3.8) is 0 Å². The first-order chi connectivity index (χ1) is 25.5. The maximum absolute atomic E-state index is 12.1. The van der Waals surface area contributed by atoms with Crippen molar-refractivity contribution >= 4 is 11.9 Å². The van der Waals surface area contributed by atoms with E-state index in [9.17, 15) is 14.7 Å². The lowest BCUT2D eigenvalue weighted by Gasteiger charge is -2.35. The summed E-state index contributed by atoms with van der Waals surface area (Å²) in [4.78, 5) is 22.9. The second-order valence-corrected chi connectivity index (χ2v) is 12.3. The first-order valence-electron chi connectivity index (χ1n) is 17.0. The van der Waals surface area contributed by atoms with Crippen LogP contribution >= 0.6 is 0 Å². The van der Waals surface area contributed by atoms with Gasteiger partial charge in [0.05, 0.1) is 12.0 Å². The Labute approximate surface area is 302 Å². The summed E-state index contributed by atoms with van der Waals surface area (Å²) in [5, 5.41) is 18.6. The topological polar surface area (TPSA) is 102 Å². The predicted octanol–water partition coefficient (Wildman–Crippen LogP) is 8.32. The third-order valence-electron chi connectivity index (χ3n) is 9.25. The Morgan fingerprint density at radius 3 is 1.52 bits per heavy atom. The van der Waals surface area contributed by atoms with E-state index in [-0.39, 0.29) is 26.4 Å². The quantitative estimate of drug-likeness (QED) is 0.0714. The van der Waals surface area contributed by atoms with Crippen molar-refractivity contribution in [3.05, 3.63) is 180 Å². The summed E-state index contributed by atoms with van der Waals surface area (Å²) in [5.74, 6) is -0.738. The molecule has 1 aliphatic rings. The third-order valence-corrected chi connectivity index (χ3v) is 9.25. The van der Waals surface area contributed by atoms with Crippen LogP contribution in [-0.4, -0.2) is 48.6 Å². The first-order valence-corrected chi connectivity index (χ1v) is 17.0. The van der Waals surface area contributed by atoms with Gasteiger partial charge < -0.3 is 24.4 Å². The Morgan fingerprint density at radius 1 is 0.538 bits per heavy atom. The molecule has 1 aliphatic carbocycles. The second kappa shape index (κ2) is 15.2. The van der Waals surface area contributed by atoms with Gasteiger partial charge in [-0.25, -0.2) is 9.59 Å². The van der Waals surface area contributed by atoms with E-state index in [4.69, 9.17) is 19.3 Å². The number of carbonyl (C=O) groups excluding carboxylic acids is 1. The van der Waals surface area contributed by atoms with Crippen molar-refractivity contribution in [2.24, 2.45) is 0 Å². The van der Waals surface area contributed by atoms with Crippen molar-refractivity contribution in [3.8, 4) is 44.9 Å². The molecule has 6 aromatic rings. The largest absolute Gasteiger partial charge is 0.491 e. The summed E-state index contributed by atoms with van der Waals surface area (Å²) in [7, 11) is 0. The molecule has 7 heteroatoms. The molecule has 0 fully saturated rings. The fraction of sp³-hybridized carbons (Fsp3) is 0.111. The van der Waals surface area contributed by atoms with Gasteiger partial charge in [0.1, 0.15) is 31.3 Å². The van der Waals surface area contributed by atoms with Crippen LogP contribution in [0.25, 0.3) is 33.4 Å². The summed E-state index contributed by atoms with van der Waals surface area (Å²) in [5.41, 5.74) is 9.36. The summed E-state index contributed by atoms with van der Waals surface area (Å²) in [6.07, 6.45) is 1.61. The molecular weight excluding hydrogens is 652 g/mol. The van der Waals surface area contributed by atoms with Gasteiger partial charge in [-0.15, -0.1) is 0 Å². The van der Waals surface area contributed by atoms with Crippen molar-refractivity contribution < 1.29 is 34.0 Å². The van der Waals surface area contributed by atoms with Gasteiger partial charge in [-0.05, 0) is 56.6 Å². The second-order valence-electron chi connectivity index (χ2n) is 12.3. The van der Waals surface area contributed by atoms with E-state index in [2.05, 4.69) is 84.9 Å². The van der Waals surface area contributed by atoms with E-state index in [0.29, 0.717) is 11.5 Å². The van der Waals surface area contributed by atoms with E-state index in [1.807, 2.05) is 60.7 Å². The van der Waals surface area contributed by atoms with Gasteiger partial charge in [-0.1, -0.05) is 133 Å². The number of esters is 1. The molecule has 0 aliphatic heterocycles. The number of rotatable bonds is 13. The molecule has 0 unspecified atom stereocenters. The number of carboxylic acids is 1. The Balaban J connectivity index is 1.41. The summed E-state index contributed by atoms with van der Waals surface area (Å²) in [6.45, 7) is -0.0163. The van der Waals surface area contributed by atoms with Crippen LogP contribution in [0.15, 0.2) is 158 Å². The zero-order valence-corrected chi connectivity index (χ0v) is 28.3. The molecule has 7 rings (SSSR count). The van der Waals surface area contributed by atoms with Gasteiger partial charge in [0.2, 0.25) is 0 Å². The number of aliphatic hydroxyl groups excluding tert-OH is 1. The van der Waals surface area contributed by atoms with Crippen LogP contribution in [-0.2, 0) is 19.7 Å². The van der Waals surface area contributed by atoms with Crippen molar-refractivity contribution in [2.45, 2.75) is 5.41 Å². The molecule has 0 bridgehead atoms. The average molecular weight is 689 g/mol. The molecule has 2 N–H and O–H groups in total. The average Bonchev–Trinajstić information content (AvgIpc) is 3.49. The van der Waals surface area contributed by atoms with Gasteiger partial charge in [-0.3, -0.25) is 0 Å². The van der Waals surface area contributed by atoms with Gasteiger partial charge >= 0.3 is 11.9 Å². The van der Waals surface area contributed by atoms with Gasteiger partial charge in [0, 0.05) is 23.3 Å². The standard InChI is InChI=1S/C45H36O7/c46-25-26-50-41-29-33(19-21-35(41)31-11-3-1-4-12-31)45(39-17-9-7-15-37(39)38-16-8-10-18-40(38)45)34-20-22-36(32-13-5-2-6-14-32)42(30-34)51-27-28-52-44(49)24-23-43(47)48/h1-24,29-30,46H,25-28H2,(H,47,48)/b24-23+. The number of fused-ring (bicyclic) bond motifs is 3. The minimum absolute atomic E-state index is 0.0427. The van der Waals surface area contributed by atoms with Crippen molar-refractivity contribution in [1.29, 1.82) is 0 Å². The lowest BCUT2D eigenvalue weighted by molar-refractivity contribution is -0.139. The number of aliphatic hydroxyl groups is 1. The smallest absolute Gasteiger partial charge is 0.331 e.